The van der Waals surface area contributed by atoms with Crippen LogP contribution in [0.15, 0.2) is 69.9 Å². The largest absolute Gasteiger partial charge is 0.464 e. The highest BCUT2D eigenvalue weighted by Gasteiger charge is 2.20. The van der Waals surface area contributed by atoms with Crippen molar-refractivity contribution in [3.8, 4) is 22.9 Å². The second kappa shape index (κ2) is 5.71. The van der Waals surface area contributed by atoms with Crippen LogP contribution in [0.25, 0.3) is 16.9 Å². The molecule has 1 aromatic heterocycles. The summed E-state index contributed by atoms with van der Waals surface area (Å²) in [5.41, 5.74) is 2.25. The number of hydrogen-bond acceptors (Lipinski definition) is 3. The molecule has 0 spiro atoms. The molecule has 4 heteroatoms. The molecule has 0 atom stereocenters. The van der Waals surface area contributed by atoms with Crippen LogP contribution in [0.1, 0.15) is 6.92 Å². The Morgan fingerprint density at radius 3 is 2.24 bits per heavy atom. The summed E-state index contributed by atoms with van der Waals surface area (Å²) in [6.45, 7) is 2.29. The van der Waals surface area contributed by atoms with Crippen molar-refractivity contribution in [2.45, 2.75) is 6.92 Å². The third kappa shape index (κ3) is 2.48. The summed E-state index contributed by atoms with van der Waals surface area (Å²) in [6, 6.07) is 19.0. The van der Waals surface area contributed by atoms with Gasteiger partial charge in [-0.1, -0.05) is 48.5 Å². The molecule has 0 unspecified atom stereocenters. The summed E-state index contributed by atoms with van der Waals surface area (Å²) >= 11 is 0. The minimum absolute atomic E-state index is 0.248. The maximum absolute atomic E-state index is 12.2. The Bertz CT molecular complexity index is 773. The standard InChI is InChI=1S/C17H15NO3/c1-2-20-16-15(13-9-5-3-6-10-13)18(17(19)21-16)14-11-7-4-8-12-14/h3-12H,2H2,1H3. The molecule has 0 saturated heterocycles. The highest BCUT2D eigenvalue weighted by molar-refractivity contribution is 5.66. The van der Waals surface area contributed by atoms with Gasteiger partial charge in [-0.05, 0) is 19.1 Å². The fourth-order valence-electron chi connectivity index (χ4n) is 2.24. The van der Waals surface area contributed by atoms with Crippen LogP contribution in [0, 0.1) is 0 Å². The van der Waals surface area contributed by atoms with Crippen LogP contribution in [0.4, 0.5) is 0 Å². The summed E-state index contributed by atoms with van der Waals surface area (Å²) in [4.78, 5) is 12.2. The molecular weight excluding hydrogens is 266 g/mol. The van der Waals surface area contributed by atoms with Gasteiger partial charge in [0.2, 0.25) is 0 Å². The first-order chi connectivity index (χ1) is 10.3. The van der Waals surface area contributed by atoms with Crippen LogP contribution in [-0.2, 0) is 0 Å². The molecular formula is C17H15NO3. The summed E-state index contributed by atoms with van der Waals surface area (Å²) in [7, 11) is 0. The number of ether oxygens (including phenoxy) is 1. The van der Waals surface area contributed by atoms with Gasteiger partial charge in [-0.2, -0.15) is 0 Å². The predicted octanol–water partition coefficient (Wildman–Crippen LogP) is 3.50. The Morgan fingerprint density at radius 2 is 1.62 bits per heavy atom. The van der Waals surface area contributed by atoms with E-state index < -0.39 is 5.76 Å². The second-order valence-corrected chi connectivity index (χ2v) is 4.47. The topological polar surface area (TPSA) is 44.4 Å². The molecule has 0 amide bonds. The Hall–Kier alpha value is -2.75. The van der Waals surface area contributed by atoms with Gasteiger partial charge >= 0.3 is 11.7 Å². The van der Waals surface area contributed by atoms with Crippen LogP contribution < -0.4 is 10.5 Å². The number of hydrogen-bond donors (Lipinski definition) is 0. The van der Waals surface area contributed by atoms with Crippen molar-refractivity contribution >= 4 is 0 Å². The van der Waals surface area contributed by atoms with Gasteiger partial charge in [0, 0.05) is 5.56 Å². The molecule has 2 aromatic carbocycles. The van der Waals surface area contributed by atoms with Gasteiger partial charge in [0.25, 0.3) is 0 Å². The Balaban J connectivity index is 2.27. The van der Waals surface area contributed by atoms with Gasteiger partial charge in [0.15, 0.2) is 0 Å². The first-order valence-corrected chi connectivity index (χ1v) is 6.80. The van der Waals surface area contributed by atoms with E-state index in [1.165, 1.54) is 4.57 Å². The van der Waals surface area contributed by atoms with Gasteiger partial charge in [0.1, 0.15) is 5.69 Å². The van der Waals surface area contributed by atoms with Gasteiger partial charge in [-0.15, -0.1) is 0 Å². The maximum Gasteiger partial charge on any atom is 0.427 e. The third-order valence-corrected chi connectivity index (χ3v) is 3.12. The second-order valence-electron chi connectivity index (χ2n) is 4.47. The predicted molar refractivity (Wildman–Crippen MR) is 80.9 cm³/mol. The lowest BCUT2D eigenvalue weighted by Gasteiger charge is -2.07. The highest BCUT2D eigenvalue weighted by Crippen LogP contribution is 2.31. The quantitative estimate of drug-likeness (QED) is 0.735. The zero-order valence-corrected chi connectivity index (χ0v) is 11.7. The van der Waals surface area contributed by atoms with Gasteiger partial charge in [-0.25, -0.2) is 9.36 Å². The first-order valence-electron chi connectivity index (χ1n) is 6.80. The normalized spacial score (nSPS) is 10.5. The summed E-state index contributed by atoms with van der Waals surface area (Å²) in [6.07, 6.45) is 0. The molecule has 0 aliphatic heterocycles. The summed E-state index contributed by atoms with van der Waals surface area (Å²) in [5.74, 6) is -0.207. The molecule has 3 rings (SSSR count). The van der Waals surface area contributed by atoms with E-state index in [4.69, 9.17) is 9.15 Å². The molecule has 0 bridgehead atoms. The minimum Gasteiger partial charge on any atom is -0.464 e. The highest BCUT2D eigenvalue weighted by atomic mass is 16.6. The number of oxazole rings is 1. The Labute approximate surface area is 122 Å². The van der Waals surface area contributed by atoms with Gasteiger partial charge < -0.3 is 9.15 Å². The number of benzene rings is 2. The fourth-order valence-corrected chi connectivity index (χ4v) is 2.24. The maximum atomic E-state index is 12.2. The molecule has 4 nitrogen and oxygen atoms in total. The average molecular weight is 281 g/mol. The SMILES string of the molecule is CCOc1oc(=O)n(-c2ccccc2)c1-c1ccccc1. The molecule has 0 aliphatic carbocycles. The van der Waals surface area contributed by atoms with E-state index >= 15 is 0 Å². The Kier molecular flexibility index (Phi) is 3.60. The molecule has 1 heterocycles. The smallest absolute Gasteiger partial charge is 0.427 e. The molecule has 0 aliphatic rings. The molecule has 3 aromatic rings. The number of para-hydroxylation sites is 1. The minimum atomic E-state index is -0.455. The third-order valence-electron chi connectivity index (χ3n) is 3.12. The van der Waals surface area contributed by atoms with Crippen LogP contribution >= 0.6 is 0 Å². The van der Waals surface area contributed by atoms with Crippen molar-refractivity contribution < 1.29 is 9.15 Å². The van der Waals surface area contributed by atoms with E-state index in [1.54, 1.807) is 0 Å². The molecule has 0 N–H and O–H groups in total. The summed E-state index contributed by atoms with van der Waals surface area (Å²) < 4.78 is 12.3. The average Bonchev–Trinajstić information content (AvgIpc) is 2.86. The molecule has 106 valence electrons. The molecule has 21 heavy (non-hydrogen) atoms. The van der Waals surface area contributed by atoms with Crippen LogP contribution in [0.2, 0.25) is 0 Å². The number of aromatic nitrogens is 1. The van der Waals surface area contributed by atoms with Crippen LogP contribution in [-0.4, -0.2) is 11.2 Å². The fraction of sp³-hybridized carbons (Fsp3) is 0.118. The lowest BCUT2D eigenvalue weighted by molar-refractivity contribution is 0.251. The van der Waals surface area contributed by atoms with E-state index in [2.05, 4.69) is 0 Å². The molecule has 0 radical (unpaired) electrons. The van der Waals surface area contributed by atoms with Gasteiger partial charge in [0.05, 0.1) is 12.3 Å². The number of nitrogens with zero attached hydrogens (tertiary/aromatic N) is 1. The van der Waals surface area contributed by atoms with E-state index in [-0.39, 0.29) is 5.95 Å². The van der Waals surface area contributed by atoms with Crippen molar-refractivity contribution in [3.63, 3.8) is 0 Å². The van der Waals surface area contributed by atoms with Crippen molar-refractivity contribution in [2.24, 2.45) is 0 Å². The van der Waals surface area contributed by atoms with Crippen molar-refractivity contribution in [3.05, 3.63) is 71.2 Å². The van der Waals surface area contributed by atoms with Crippen LogP contribution in [0.5, 0.6) is 5.95 Å². The molecule has 0 fully saturated rings. The van der Waals surface area contributed by atoms with Crippen molar-refractivity contribution in [1.82, 2.24) is 4.57 Å². The number of rotatable bonds is 4. The van der Waals surface area contributed by atoms with Crippen LogP contribution in [0.3, 0.4) is 0 Å². The van der Waals surface area contributed by atoms with Crippen molar-refractivity contribution in [1.29, 1.82) is 0 Å². The van der Waals surface area contributed by atoms with E-state index in [1.807, 2.05) is 67.6 Å². The first kappa shape index (κ1) is 13.2. The zero-order valence-electron chi connectivity index (χ0n) is 11.7. The Morgan fingerprint density at radius 1 is 1.00 bits per heavy atom. The monoisotopic (exact) mass is 281 g/mol. The van der Waals surface area contributed by atoms with Gasteiger partial charge in [-0.3, -0.25) is 0 Å². The zero-order chi connectivity index (χ0) is 14.7. The summed E-state index contributed by atoms with van der Waals surface area (Å²) in [5, 5.41) is 0. The van der Waals surface area contributed by atoms with E-state index in [0.717, 1.165) is 11.3 Å². The van der Waals surface area contributed by atoms with Crippen molar-refractivity contribution in [2.75, 3.05) is 6.61 Å². The molecule has 0 saturated carbocycles. The van der Waals surface area contributed by atoms with E-state index in [9.17, 15) is 4.79 Å². The lowest BCUT2D eigenvalue weighted by Crippen LogP contribution is -2.12. The lowest BCUT2D eigenvalue weighted by atomic mass is 10.1. The van der Waals surface area contributed by atoms with E-state index in [0.29, 0.717) is 12.3 Å².